The summed E-state index contributed by atoms with van der Waals surface area (Å²) in [5.41, 5.74) is 0. The fraction of sp³-hybridized carbons (Fsp3) is 0. The summed E-state index contributed by atoms with van der Waals surface area (Å²) in [5, 5.41) is 0.400. The molecule has 0 saturated carbocycles. The molecule has 0 saturated heterocycles. The van der Waals surface area contributed by atoms with Crippen LogP contribution < -0.4 is 0 Å². The molecule has 12 heavy (non-hydrogen) atoms. The summed E-state index contributed by atoms with van der Waals surface area (Å²) < 4.78 is 31.0. The first-order valence-electron chi connectivity index (χ1n) is 2.71. The van der Waals surface area contributed by atoms with Crippen molar-refractivity contribution in [3.05, 3.63) is 29.3 Å². The summed E-state index contributed by atoms with van der Waals surface area (Å²) in [7, 11) is -4.33. The number of halogens is 1. The van der Waals surface area contributed by atoms with Gasteiger partial charge in [-0.3, -0.25) is 0 Å². The molecule has 0 aliphatic carbocycles. The van der Waals surface area contributed by atoms with Crippen molar-refractivity contribution in [2.75, 3.05) is 0 Å². The Balaban J connectivity index is 0.00000121. The predicted octanol–water partition coefficient (Wildman–Crippen LogP) is 0.863. The summed E-state index contributed by atoms with van der Waals surface area (Å²) in [4.78, 5) is -0.262. The van der Waals surface area contributed by atoms with Gasteiger partial charge in [-0.05, 0) is 24.3 Å². The minimum Gasteiger partial charge on any atom is -0.744 e. The Labute approximate surface area is 95.6 Å². The van der Waals surface area contributed by atoms with Crippen molar-refractivity contribution in [2.45, 2.75) is 4.90 Å². The smallest absolute Gasteiger partial charge is 0.744 e. The molecular weight excluding hydrogens is 392 g/mol. The zero-order valence-corrected chi connectivity index (χ0v) is 12.0. The third-order valence-electron chi connectivity index (χ3n) is 1.10. The molecule has 6 heteroatoms. The molecule has 1 aromatic carbocycles. The van der Waals surface area contributed by atoms with E-state index >= 15 is 0 Å². The maximum absolute atomic E-state index is 10.3. The van der Waals surface area contributed by atoms with E-state index in [1.54, 1.807) is 0 Å². The number of hydrogen-bond donors (Lipinski definition) is 0. The van der Waals surface area contributed by atoms with Crippen molar-refractivity contribution in [1.82, 2.24) is 0 Å². The molecular formula is C6H4ClO3STl. The summed E-state index contributed by atoms with van der Waals surface area (Å²) in [6.07, 6.45) is 0. The molecule has 1 aromatic rings. The van der Waals surface area contributed by atoms with E-state index in [0.29, 0.717) is 5.02 Å². The standard InChI is InChI=1S/C6H5ClO3S.Tl/c7-5-1-3-6(4-2-5)11(8,9)10;/h1-4H,(H,8,9,10);/q;+1/p-1. The molecule has 62 valence electrons. The summed E-state index contributed by atoms with van der Waals surface area (Å²) >= 11 is 5.46. The minimum atomic E-state index is -4.33. The van der Waals surface area contributed by atoms with Gasteiger partial charge in [0.2, 0.25) is 0 Å². The Morgan fingerprint density at radius 3 is 1.92 bits per heavy atom. The Morgan fingerprint density at radius 2 is 1.58 bits per heavy atom. The molecule has 0 aliphatic rings. The monoisotopic (exact) mass is 396 g/mol. The zero-order chi connectivity index (χ0) is 8.48. The molecule has 0 fully saturated rings. The van der Waals surface area contributed by atoms with Crippen LogP contribution in [0.25, 0.3) is 0 Å². The van der Waals surface area contributed by atoms with E-state index in [1.807, 2.05) is 0 Å². The molecule has 0 bridgehead atoms. The van der Waals surface area contributed by atoms with E-state index in [-0.39, 0.29) is 32.2 Å². The molecule has 0 aliphatic heterocycles. The van der Waals surface area contributed by atoms with Crippen LogP contribution in [0.5, 0.6) is 0 Å². The Kier molecular flexibility index (Phi) is 4.67. The third-order valence-corrected chi connectivity index (χ3v) is 2.20. The van der Waals surface area contributed by atoms with Crippen molar-refractivity contribution in [1.29, 1.82) is 0 Å². The fourth-order valence-corrected chi connectivity index (χ4v) is 1.20. The average Bonchev–Trinajstić information content (AvgIpc) is 1.86. The van der Waals surface area contributed by atoms with Crippen LogP contribution in [0, 0.1) is 0 Å². The molecule has 0 unspecified atom stereocenters. The molecule has 0 atom stereocenters. The Morgan fingerprint density at radius 1 is 1.17 bits per heavy atom. The molecule has 0 N–H and O–H groups in total. The fourth-order valence-electron chi connectivity index (χ4n) is 0.601. The first-order valence-corrected chi connectivity index (χ1v) is 4.50. The van der Waals surface area contributed by atoms with Crippen molar-refractivity contribution in [3.63, 3.8) is 0 Å². The summed E-state index contributed by atoms with van der Waals surface area (Å²) in [5.74, 6) is 0. The van der Waals surface area contributed by atoms with Crippen molar-refractivity contribution in [3.8, 4) is 0 Å². The van der Waals surface area contributed by atoms with Crippen molar-refractivity contribution in [2.24, 2.45) is 0 Å². The van der Waals surface area contributed by atoms with Gasteiger partial charge in [0.25, 0.3) is 0 Å². The number of hydrogen-bond acceptors (Lipinski definition) is 3. The van der Waals surface area contributed by atoms with Gasteiger partial charge in [0.05, 0.1) is 4.90 Å². The van der Waals surface area contributed by atoms with Gasteiger partial charge in [-0.2, -0.15) is 0 Å². The first-order chi connectivity index (χ1) is 5.00. The van der Waals surface area contributed by atoms with E-state index in [2.05, 4.69) is 0 Å². The molecule has 0 heterocycles. The third kappa shape index (κ3) is 3.38. The van der Waals surface area contributed by atoms with Crippen LogP contribution in [0.1, 0.15) is 0 Å². The molecule has 0 amide bonds. The first kappa shape index (κ1) is 12.3. The largest absolute Gasteiger partial charge is 1.00 e. The van der Waals surface area contributed by atoms with Gasteiger partial charge in [-0.25, -0.2) is 8.42 Å². The minimum absolute atomic E-state index is 0. The van der Waals surface area contributed by atoms with Gasteiger partial charge in [0.1, 0.15) is 10.1 Å². The van der Waals surface area contributed by atoms with Crippen molar-refractivity contribution >= 4 is 49.0 Å². The second-order valence-electron chi connectivity index (χ2n) is 1.91. The molecule has 1 rings (SSSR count). The maximum atomic E-state index is 10.3. The Hall–Kier alpha value is 0.342. The van der Waals surface area contributed by atoms with Crippen LogP contribution in [0.3, 0.4) is 0 Å². The van der Waals surface area contributed by atoms with Gasteiger partial charge in [-0.1, -0.05) is 11.6 Å². The van der Waals surface area contributed by atoms with E-state index in [9.17, 15) is 13.0 Å². The maximum Gasteiger partial charge on any atom is 1.00 e. The molecule has 0 aromatic heterocycles. The van der Waals surface area contributed by atoms with Crippen molar-refractivity contribution < 1.29 is 13.0 Å². The van der Waals surface area contributed by atoms with E-state index in [1.165, 1.54) is 24.3 Å². The molecule has 3 nitrogen and oxygen atoms in total. The summed E-state index contributed by atoms with van der Waals surface area (Å²) in [6, 6.07) is 5.05. The van der Waals surface area contributed by atoms with E-state index < -0.39 is 10.1 Å². The SMILES string of the molecule is O=S(=O)([O-])c1ccc(Cl)cc1.[Tl+]. The molecule has 0 spiro atoms. The molecule has 0 radical (unpaired) electrons. The van der Waals surface area contributed by atoms with Crippen LogP contribution in [0.15, 0.2) is 29.2 Å². The summed E-state index contributed by atoms with van der Waals surface area (Å²) in [6.45, 7) is 0. The van der Waals surface area contributed by atoms with Crippen LogP contribution in [-0.4, -0.2) is 40.3 Å². The second kappa shape index (κ2) is 4.54. The van der Waals surface area contributed by atoms with Crippen LogP contribution in [0.4, 0.5) is 0 Å². The van der Waals surface area contributed by atoms with Gasteiger partial charge in [0, 0.05) is 5.02 Å². The Bertz CT molecular complexity index is 346. The van der Waals surface area contributed by atoms with Gasteiger partial charge < -0.3 is 4.55 Å². The van der Waals surface area contributed by atoms with E-state index in [0.717, 1.165) is 0 Å². The van der Waals surface area contributed by atoms with Crippen LogP contribution in [0.2, 0.25) is 5.02 Å². The number of rotatable bonds is 1. The normalized spacial score (nSPS) is 10.5. The van der Waals surface area contributed by atoms with E-state index in [4.69, 9.17) is 11.6 Å². The predicted molar refractivity (Wildman–Crippen MR) is 45.2 cm³/mol. The van der Waals surface area contributed by atoms with Gasteiger partial charge >= 0.3 is 27.3 Å². The van der Waals surface area contributed by atoms with Gasteiger partial charge in [-0.15, -0.1) is 0 Å². The van der Waals surface area contributed by atoms with Crippen LogP contribution in [-0.2, 0) is 10.1 Å². The van der Waals surface area contributed by atoms with Crippen LogP contribution >= 0.6 is 11.6 Å². The topological polar surface area (TPSA) is 57.2 Å². The second-order valence-corrected chi connectivity index (χ2v) is 3.72. The number of benzene rings is 1. The van der Waals surface area contributed by atoms with Gasteiger partial charge in [0.15, 0.2) is 0 Å². The average molecular weight is 396 g/mol. The quantitative estimate of drug-likeness (QED) is 0.523. The zero-order valence-electron chi connectivity index (χ0n) is 5.90.